The van der Waals surface area contributed by atoms with Gasteiger partial charge >= 0.3 is 17.8 Å². The standard InChI is InChI=1S/C20H15ClF3N7O4/c21-12-5-3-11(4-6-12)17-28-30(19(35)29(17)8-14(32)20(22,23)24)9-15-26-10-31(27-15)13-2-1-7-25-16(13)18(33)34/h1-7,10,14,32H,8-9H2,(H,33,34)/t14-/m1/s1. The van der Waals surface area contributed by atoms with Crippen LogP contribution in [-0.4, -0.2) is 62.6 Å². The van der Waals surface area contributed by atoms with Crippen LogP contribution in [0, 0.1) is 0 Å². The Morgan fingerprint density at radius 2 is 1.83 bits per heavy atom. The van der Waals surface area contributed by atoms with Crippen molar-refractivity contribution in [1.29, 1.82) is 0 Å². The van der Waals surface area contributed by atoms with Gasteiger partial charge < -0.3 is 10.2 Å². The number of nitrogens with zero attached hydrogens (tertiary/aromatic N) is 7. The van der Waals surface area contributed by atoms with Gasteiger partial charge in [-0.3, -0.25) is 4.57 Å². The third kappa shape index (κ3) is 5.07. The fraction of sp³-hybridized carbons (Fsp3) is 0.200. The molecule has 0 aliphatic carbocycles. The number of carbonyl (C=O) groups is 1. The first-order valence-electron chi connectivity index (χ1n) is 9.82. The molecule has 0 saturated heterocycles. The molecule has 0 aliphatic heterocycles. The highest BCUT2D eigenvalue weighted by Crippen LogP contribution is 2.24. The van der Waals surface area contributed by atoms with Gasteiger partial charge in [0.1, 0.15) is 12.9 Å². The number of alkyl halides is 3. The molecule has 0 unspecified atom stereocenters. The molecule has 1 atom stereocenters. The zero-order valence-electron chi connectivity index (χ0n) is 17.5. The quantitative estimate of drug-likeness (QED) is 0.385. The Hall–Kier alpha value is -4.04. The van der Waals surface area contributed by atoms with Crippen LogP contribution in [0.1, 0.15) is 16.3 Å². The van der Waals surface area contributed by atoms with Crippen LogP contribution in [0.25, 0.3) is 17.1 Å². The number of aromatic carboxylic acids is 1. The fourth-order valence-electron chi connectivity index (χ4n) is 3.16. The second-order valence-corrected chi connectivity index (χ2v) is 7.66. The van der Waals surface area contributed by atoms with Gasteiger partial charge in [-0.25, -0.2) is 28.9 Å². The Bertz CT molecular complexity index is 1430. The number of pyridine rings is 1. The first-order valence-corrected chi connectivity index (χ1v) is 10.2. The maximum absolute atomic E-state index is 13.0. The van der Waals surface area contributed by atoms with Crippen LogP contribution in [0.4, 0.5) is 13.2 Å². The zero-order chi connectivity index (χ0) is 25.3. The van der Waals surface area contributed by atoms with Crippen LogP contribution < -0.4 is 5.69 Å². The number of aromatic nitrogens is 7. The minimum Gasteiger partial charge on any atom is -0.476 e. The molecule has 0 bridgehead atoms. The Balaban J connectivity index is 1.71. The minimum atomic E-state index is -4.95. The summed E-state index contributed by atoms with van der Waals surface area (Å²) < 4.78 is 41.6. The predicted molar refractivity (Wildman–Crippen MR) is 114 cm³/mol. The van der Waals surface area contributed by atoms with Crippen LogP contribution >= 0.6 is 11.6 Å². The van der Waals surface area contributed by atoms with E-state index >= 15 is 0 Å². The van der Waals surface area contributed by atoms with Gasteiger partial charge in [0.05, 0.1) is 12.2 Å². The molecule has 35 heavy (non-hydrogen) atoms. The third-order valence-electron chi connectivity index (χ3n) is 4.82. The third-order valence-corrected chi connectivity index (χ3v) is 5.08. The van der Waals surface area contributed by atoms with Gasteiger partial charge in [-0.05, 0) is 36.4 Å². The summed E-state index contributed by atoms with van der Waals surface area (Å²) in [5.41, 5.74) is -0.815. The SMILES string of the molecule is O=C(O)c1ncccc1-n1cnc(Cn2nc(-c3ccc(Cl)cc3)n(C[C@@H](O)C(F)(F)F)c2=O)n1. The number of halogens is 4. The number of rotatable bonds is 7. The number of hydrogen-bond donors (Lipinski definition) is 2. The van der Waals surface area contributed by atoms with E-state index < -0.39 is 30.5 Å². The summed E-state index contributed by atoms with van der Waals surface area (Å²) in [5.74, 6) is -1.39. The van der Waals surface area contributed by atoms with Crippen molar-refractivity contribution in [2.24, 2.45) is 0 Å². The average molecular weight is 510 g/mol. The number of carboxylic acid groups (broad SMARTS) is 1. The van der Waals surface area contributed by atoms with Crippen molar-refractivity contribution in [3.63, 3.8) is 0 Å². The first-order chi connectivity index (χ1) is 16.5. The maximum atomic E-state index is 13.0. The molecule has 4 aromatic rings. The molecule has 0 fully saturated rings. The zero-order valence-corrected chi connectivity index (χ0v) is 18.2. The number of carboxylic acids is 1. The molecule has 3 aromatic heterocycles. The van der Waals surface area contributed by atoms with Crippen LogP contribution in [-0.2, 0) is 13.1 Å². The van der Waals surface area contributed by atoms with E-state index in [1.54, 1.807) is 0 Å². The largest absolute Gasteiger partial charge is 0.476 e. The van der Waals surface area contributed by atoms with Crippen molar-refractivity contribution in [1.82, 2.24) is 34.1 Å². The normalized spacial score (nSPS) is 12.6. The highest BCUT2D eigenvalue weighted by molar-refractivity contribution is 6.30. The topological polar surface area (TPSA) is 141 Å². The van der Waals surface area contributed by atoms with Gasteiger partial charge in [0.25, 0.3) is 0 Å². The monoisotopic (exact) mass is 509 g/mol. The molecule has 0 aliphatic rings. The van der Waals surface area contributed by atoms with Gasteiger partial charge in [-0.1, -0.05) is 11.6 Å². The summed E-state index contributed by atoms with van der Waals surface area (Å²) in [5, 5.41) is 27.5. The van der Waals surface area contributed by atoms with Crippen LogP contribution in [0.2, 0.25) is 5.02 Å². The van der Waals surface area contributed by atoms with Gasteiger partial charge in [-0.15, -0.1) is 10.2 Å². The Labute approximate surface area is 198 Å². The molecular weight excluding hydrogens is 495 g/mol. The van der Waals surface area contributed by atoms with Crippen molar-refractivity contribution >= 4 is 17.6 Å². The van der Waals surface area contributed by atoms with Crippen molar-refractivity contribution < 1.29 is 28.2 Å². The number of aliphatic hydroxyl groups is 1. The first kappa shape index (κ1) is 24.1. The molecule has 4 rings (SSSR count). The molecule has 182 valence electrons. The van der Waals surface area contributed by atoms with E-state index in [-0.39, 0.29) is 29.6 Å². The second-order valence-electron chi connectivity index (χ2n) is 7.22. The molecule has 0 spiro atoms. The molecule has 0 saturated carbocycles. The van der Waals surface area contributed by atoms with E-state index in [1.165, 1.54) is 48.9 Å². The molecule has 0 radical (unpaired) electrons. The van der Waals surface area contributed by atoms with E-state index in [4.69, 9.17) is 11.6 Å². The number of benzene rings is 1. The summed E-state index contributed by atoms with van der Waals surface area (Å²) in [6.45, 7) is -1.43. The molecule has 15 heteroatoms. The summed E-state index contributed by atoms with van der Waals surface area (Å²) >= 11 is 5.87. The summed E-state index contributed by atoms with van der Waals surface area (Å²) in [4.78, 5) is 32.1. The molecule has 3 heterocycles. The van der Waals surface area contributed by atoms with E-state index in [0.29, 0.717) is 15.2 Å². The highest BCUT2D eigenvalue weighted by Gasteiger charge is 2.39. The van der Waals surface area contributed by atoms with E-state index in [2.05, 4.69) is 20.2 Å². The van der Waals surface area contributed by atoms with Gasteiger partial charge in [-0.2, -0.15) is 13.2 Å². The molecule has 0 amide bonds. The minimum absolute atomic E-state index is 0.0240. The van der Waals surface area contributed by atoms with E-state index in [0.717, 1.165) is 9.36 Å². The summed E-state index contributed by atoms with van der Waals surface area (Å²) in [6, 6.07) is 8.83. The highest BCUT2D eigenvalue weighted by atomic mass is 35.5. The second kappa shape index (κ2) is 9.31. The smallest absolute Gasteiger partial charge is 0.416 e. The Morgan fingerprint density at radius 1 is 1.11 bits per heavy atom. The summed E-state index contributed by atoms with van der Waals surface area (Å²) in [6.07, 6.45) is -5.26. The molecular formula is C20H15ClF3N7O4. The Morgan fingerprint density at radius 3 is 2.49 bits per heavy atom. The van der Waals surface area contributed by atoms with E-state index in [1.807, 2.05) is 0 Å². The fourth-order valence-corrected chi connectivity index (χ4v) is 3.29. The van der Waals surface area contributed by atoms with Crippen molar-refractivity contribution in [3.05, 3.63) is 75.9 Å². The van der Waals surface area contributed by atoms with Crippen molar-refractivity contribution in [3.8, 4) is 17.1 Å². The lowest BCUT2D eigenvalue weighted by Gasteiger charge is -2.15. The Kier molecular flexibility index (Phi) is 6.41. The predicted octanol–water partition coefficient (Wildman–Crippen LogP) is 2.01. The average Bonchev–Trinajstić information content (AvgIpc) is 3.39. The lowest BCUT2D eigenvalue weighted by atomic mass is 10.2. The number of hydrogen-bond acceptors (Lipinski definition) is 7. The lowest BCUT2D eigenvalue weighted by Crippen LogP contribution is -2.37. The number of aliphatic hydroxyl groups excluding tert-OH is 1. The van der Waals surface area contributed by atoms with Gasteiger partial charge in [0.2, 0.25) is 0 Å². The lowest BCUT2D eigenvalue weighted by molar-refractivity contribution is -0.207. The molecule has 2 N–H and O–H groups in total. The maximum Gasteiger partial charge on any atom is 0.416 e. The van der Waals surface area contributed by atoms with Crippen LogP contribution in [0.3, 0.4) is 0 Å². The summed E-state index contributed by atoms with van der Waals surface area (Å²) in [7, 11) is 0. The molecule has 11 nitrogen and oxygen atoms in total. The van der Waals surface area contributed by atoms with Gasteiger partial charge in [0.15, 0.2) is 23.4 Å². The van der Waals surface area contributed by atoms with Crippen molar-refractivity contribution in [2.75, 3.05) is 0 Å². The van der Waals surface area contributed by atoms with Gasteiger partial charge in [0, 0.05) is 16.8 Å². The van der Waals surface area contributed by atoms with Crippen LogP contribution in [0.15, 0.2) is 53.7 Å². The van der Waals surface area contributed by atoms with Crippen molar-refractivity contribution in [2.45, 2.75) is 25.4 Å². The van der Waals surface area contributed by atoms with Crippen LogP contribution in [0.5, 0.6) is 0 Å². The molecule has 1 aromatic carbocycles. The van der Waals surface area contributed by atoms with E-state index in [9.17, 15) is 33.0 Å².